The third-order valence-electron chi connectivity index (χ3n) is 2.44. The Kier molecular flexibility index (Phi) is 5.50. The van der Waals surface area contributed by atoms with Crippen molar-refractivity contribution in [2.45, 2.75) is 26.3 Å². The fourth-order valence-electron chi connectivity index (χ4n) is 1.45. The van der Waals surface area contributed by atoms with E-state index < -0.39 is 0 Å². The van der Waals surface area contributed by atoms with Gasteiger partial charge in [0, 0.05) is 6.04 Å². The van der Waals surface area contributed by atoms with Gasteiger partial charge < -0.3 is 5.32 Å². The Morgan fingerprint density at radius 2 is 2.25 bits per heavy atom. The zero-order valence-electron chi connectivity index (χ0n) is 9.63. The Bertz CT molecular complexity index is 363. The van der Waals surface area contributed by atoms with Crippen molar-refractivity contribution >= 4 is 11.6 Å². The van der Waals surface area contributed by atoms with Crippen molar-refractivity contribution in [3.63, 3.8) is 0 Å². The Hall–Kier alpha value is -0.860. The second-order valence-electron chi connectivity index (χ2n) is 3.71. The quantitative estimate of drug-likeness (QED) is 0.605. The first-order chi connectivity index (χ1) is 7.65. The molecule has 0 fully saturated rings. The minimum Gasteiger partial charge on any atom is -0.310 e. The first kappa shape index (κ1) is 13.2. The maximum Gasteiger partial charge on any atom is 0.141 e. The fourth-order valence-corrected chi connectivity index (χ4v) is 1.64. The molecule has 1 nitrogen and oxygen atoms in total. The van der Waals surface area contributed by atoms with E-state index in [4.69, 9.17) is 11.6 Å². The molecule has 3 heteroatoms. The number of hydrogen-bond acceptors (Lipinski definition) is 1. The van der Waals surface area contributed by atoms with Crippen LogP contribution in [-0.2, 0) is 0 Å². The van der Waals surface area contributed by atoms with Gasteiger partial charge in [-0.25, -0.2) is 4.39 Å². The number of rotatable bonds is 5. The van der Waals surface area contributed by atoms with Crippen LogP contribution in [0.5, 0.6) is 0 Å². The Balaban J connectivity index is 2.52. The van der Waals surface area contributed by atoms with E-state index in [1.807, 2.05) is 19.9 Å². The van der Waals surface area contributed by atoms with Crippen LogP contribution in [0, 0.1) is 5.82 Å². The lowest BCUT2D eigenvalue weighted by Gasteiger charge is -2.13. The summed E-state index contributed by atoms with van der Waals surface area (Å²) >= 11 is 5.73. The van der Waals surface area contributed by atoms with Gasteiger partial charge in [0.2, 0.25) is 0 Å². The molecular formula is C13H17ClFN. The highest BCUT2D eigenvalue weighted by Gasteiger charge is 2.06. The van der Waals surface area contributed by atoms with Gasteiger partial charge in [-0.3, -0.25) is 0 Å². The molecule has 0 amide bonds. The monoisotopic (exact) mass is 241 g/mol. The minimum absolute atomic E-state index is 0.180. The molecule has 1 aromatic carbocycles. The van der Waals surface area contributed by atoms with Crippen LogP contribution in [0.2, 0.25) is 5.02 Å². The van der Waals surface area contributed by atoms with E-state index in [1.54, 1.807) is 12.1 Å². The summed E-state index contributed by atoms with van der Waals surface area (Å²) < 4.78 is 13.0. The van der Waals surface area contributed by atoms with E-state index in [0.29, 0.717) is 0 Å². The van der Waals surface area contributed by atoms with Gasteiger partial charge in [-0.2, -0.15) is 0 Å². The minimum atomic E-state index is -0.369. The van der Waals surface area contributed by atoms with Crippen molar-refractivity contribution in [2.24, 2.45) is 0 Å². The predicted octanol–water partition coefficient (Wildman–Crippen LogP) is 4.10. The van der Waals surface area contributed by atoms with E-state index >= 15 is 0 Å². The van der Waals surface area contributed by atoms with Crippen LogP contribution in [0.25, 0.3) is 0 Å². The summed E-state index contributed by atoms with van der Waals surface area (Å²) in [7, 11) is 0. The second kappa shape index (κ2) is 6.66. The summed E-state index contributed by atoms with van der Waals surface area (Å²) in [6.07, 6.45) is 5.13. The highest BCUT2D eigenvalue weighted by Crippen LogP contribution is 2.20. The summed E-state index contributed by atoms with van der Waals surface area (Å²) in [6, 6.07) is 5.02. The first-order valence-electron chi connectivity index (χ1n) is 5.44. The van der Waals surface area contributed by atoms with Gasteiger partial charge in [0.1, 0.15) is 5.82 Å². The average molecular weight is 242 g/mol. The maximum absolute atomic E-state index is 13.0. The molecule has 0 aliphatic rings. The molecule has 1 unspecified atom stereocenters. The molecule has 0 saturated carbocycles. The van der Waals surface area contributed by atoms with E-state index in [2.05, 4.69) is 11.4 Å². The Morgan fingerprint density at radius 1 is 1.50 bits per heavy atom. The van der Waals surface area contributed by atoms with Gasteiger partial charge in [-0.05, 0) is 44.5 Å². The van der Waals surface area contributed by atoms with E-state index in [1.165, 1.54) is 6.07 Å². The number of benzene rings is 1. The summed E-state index contributed by atoms with van der Waals surface area (Å²) in [5.74, 6) is -0.369. The van der Waals surface area contributed by atoms with Gasteiger partial charge in [0.05, 0.1) is 5.02 Å². The van der Waals surface area contributed by atoms with E-state index in [9.17, 15) is 4.39 Å². The molecule has 0 aliphatic heterocycles. The van der Waals surface area contributed by atoms with Crippen molar-refractivity contribution in [3.05, 3.63) is 46.8 Å². The van der Waals surface area contributed by atoms with Crippen molar-refractivity contribution in [3.8, 4) is 0 Å². The molecular weight excluding hydrogens is 225 g/mol. The van der Waals surface area contributed by atoms with Crippen molar-refractivity contribution in [1.29, 1.82) is 0 Å². The highest BCUT2D eigenvalue weighted by atomic mass is 35.5. The molecule has 88 valence electrons. The third-order valence-corrected chi connectivity index (χ3v) is 2.73. The molecule has 0 heterocycles. The smallest absolute Gasteiger partial charge is 0.141 e. The molecule has 1 atom stereocenters. The van der Waals surface area contributed by atoms with Crippen LogP contribution < -0.4 is 5.32 Å². The molecule has 1 aromatic rings. The Morgan fingerprint density at radius 3 is 2.88 bits per heavy atom. The van der Waals surface area contributed by atoms with Gasteiger partial charge >= 0.3 is 0 Å². The fraction of sp³-hybridized carbons (Fsp3) is 0.385. The predicted molar refractivity (Wildman–Crippen MR) is 67.3 cm³/mol. The summed E-state index contributed by atoms with van der Waals surface area (Å²) in [5, 5.41) is 3.53. The van der Waals surface area contributed by atoms with E-state index in [0.717, 1.165) is 18.5 Å². The van der Waals surface area contributed by atoms with E-state index in [-0.39, 0.29) is 16.9 Å². The lowest BCUT2D eigenvalue weighted by molar-refractivity contribution is 0.577. The molecule has 0 spiro atoms. The summed E-state index contributed by atoms with van der Waals surface area (Å²) in [5.41, 5.74) is 1.01. The molecule has 0 bridgehead atoms. The van der Waals surface area contributed by atoms with Crippen LogP contribution >= 0.6 is 11.6 Å². The lowest BCUT2D eigenvalue weighted by Crippen LogP contribution is -2.19. The standard InChI is InChI=1S/C13H17ClFN/c1-3-4-5-8-16-10(2)11-6-7-13(15)12(14)9-11/h3-4,6-7,9-10,16H,5,8H2,1-2H3/b4-3+. The average Bonchev–Trinajstić information content (AvgIpc) is 2.28. The summed E-state index contributed by atoms with van der Waals surface area (Å²) in [6.45, 7) is 4.95. The normalized spacial score (nSPS) is 13.2. The number of hydrogen-bond donors (Lipinski definition) is 1. The van der Waals surface area contributed by atoms with Crippen LogP contribution in [0.4, 0.5) is 4.39 Å². The zero-order valence-corrected chi connectivity index (χ0v) is 10.4. The molecule has 16 heavy (non-hydrogen) atoms. The van der Waals surface area contributed by atoms with Crippen LogP contribution in [-0.4, -0.2) is 6.54 Å². The molecule has 0 aromatic heterocycles. The largest absolute Gasteiger partial charge is 0.310 e. The van der Waals surface area contributed by atoms with Crippen LogP contribution in [0.3, 0.4) is 0 Å². The topological polar surface area (TPSA) is 12.0 Å². The van der Waals surface area contributed by atoms with Crippen LogP contribution in [0.1, 0.15) is 31.9 Å². The number of halogens is 2. The number of allylic oxidation sites excluding steroid dienone is 1. The number of nitrogens with one attached hydrogen (secondary N) is 1. The van der Waals surface area contributed by atoms with Crippen molar-refractivity contribution in [2.75, 3.05) is 6.54 Å². The molecule has 0 aliphatic carbocycles. The maximum atomic E-state index is 13.0. The van der Waals surface area contributed by atoms with Gasteiger partial charge in [-0.15, -0.1) is 0 Å². The van der Waals surface area contributed by atoms with Crippen LogP contribution in [0.15, 0.2) is 30.4 Å². The first-order valence-corrected chi connectivity index (χ1v) is 5.82. The second-order valence-corrected chi connectivity index (χ2v) is 4.11. The summed E-state index contributed by atoms with van der Waals surface area (Å²) in [4.78, 5) is 0. The lowest BCUT2D eigenvalue weighted by atomic mass is 10.1. The third kappa shape index (κ3) is 3.95. The molecule has 0 radical (unpaired) electrons. The van der Waals surface area contributed by atoms with Gasteiger partial charge in [0.25, 0.3) is 0 Å². The molecule has 1 N–H and O–H groups in total. The van der Waals surface area contributed by atoms with Gasteiger partial charge in [-0.1, -0.05) is 29.8 Å². The van der Waals surface area contributed by atoms with Gasteiger partial charge in [0.15, 0.2) is 0 Å². The molecule has 1 rings (SSSR count). The Labute approximate surface area is 101 Å². The highest BCUT2D eigenvalue weighted by molar-refractivity contribution is 6.30. The molecule has 0 saturated heterocycles. The van der Waals surface area contributed by atoms with Crippen molar-refractivity contribution in [1.82, 2.24) is 5.32 Å². The van der Waals surface area contributed by atoms with Crippen molar-refractivity contribution < 1.29 is 4.39 Å². The SMILES string of the molecule is C/C=C/CCNC(C)c1ccc(F)c(Cl)c1. The zero-order chi connectivity index (χ0) is 12.0.